The third-order valence-corrected chi connectivity index (χ3v) is 6.32. The van der Waals surface area contributed by atoms with Gasteiger partial charge in [-0.25, -0.2) is 0 Å². The molecule has 0 saturated heterocycles. The summed E-state index contributed by atoms with van der Waals surface area (Å²) in [4.78, 5) is 29.7. The summed E-state index contributed by atoms with van der Waals surface area (Å²) in [5, 5.41) is 15.8. The van der Waals surface area contributed by atoms with Crippen LogP contribution in [0.3, 0.4) is 0 Å². The van der Waals surface area contributed by atoms with Crippen LogP contribution in [0.25, 0.3) is 11.1 Å². The molecule has 1 heterocycles. The molecule has 2 aromatic carbocycles. The normalized spacial score (nSPS) is 17.9. The van der Waals surface area contributed by atoms with Crippen molar-refractivity contribution in [1.82, 2.24) is 10.3 Å². The van der Waals surface area contributed by atoms with Gasteiger partial charge in [0, 0.05) is 29.2 Å². The van der Waals surface area contributed by atoms with E-state index in [1.54, 1.807) is 25.1 Å². The van der Waals surface area contributed by atoms with E-state index in [1.807, 2.05) is 0 Å². The smallest absolute Gasteiger partial charge is 0.391 e. The molecular weight excluding hydrogens is 471 g/mol. The Kier molecular flexibility index (Phi) is 7.40. The molecule has 0 radical (unpaired) electrons. The molecule has 1 aliphatic carbocycles. The number of aromatic nitrogens is 1. The number of halogens is 3. The second kappa shape index (κ2) is 10.5. The van der Waals surface area contributed by atoms with Crippen LogP contribution in [0.2, 0.25) is 0 Å². The predicted octanol–water partition coefficient (Wildman–Crippen LogP) is 5.36. The van der Waals surface area contributed by atoms with E-state index in [9.17, 15) is 27.9 Å². The molecule has 9 heteroatoms. The zero-order chi connectivity index (χ0) is 25.9. The number of aliphatic hydroxyl groups excluding tert-OH is 1. The number of nitrogens with one attached hydrogen (secondary N) is 2. The Morgan fingerprint density at radius 1 is 0.944 bits per heavy atom. The monoisotopic (exact) mass is 497 g/mol. The zero-order valence-corrected chi connectivity index (χ0v) is 19.6. The molecule has 188 valence electrons. The molecule has 2 atom stereocenters. The average molecular weight is 498 g/mol. The first-order chi connectivity index (χ1) is 17.1. The Labute approximate surface area is 206 Å². The Hall–Kier alpha value is -3.72. The standard InChI is InChI=1S/C27H26F3N3O3/c1-16-9-10-18(25(35)32-22-7-2-3-8-24(22)34)13-23(16)33-26(36)20-11-19(14-31-15-20)17-5-4-6-21(12-17)27(28,29)30/h4-6,9-15,22,24,34H,2-3,7-8H2,1H3,(H,32,35)(H,33,36)/t22-,24-/m0/s1. The van der Waals surface area contributed by atoms with Gasteiger partial charge in [-0.05, 0) is 61.2 Å². The summed E-state index contributed by atoms with van der Waals surface area (Å²) in [6.07, 6.45) is 0.866. The number of hydrogen-bond donors (Lipinski definition) is 3. The Balaban J connectivity index is 1.51. The highest BCUT2D eigenvalue weighted by molar-refractivity contribution is 6.06. The lowest BCUT2D eigenvalue weighted by Crippen LogP contribution is -2.45. The van der Waals surface area contributed by atoms with Crippen molar-refractivity contribution in [2.75, 3.05) is 5.32 Å². The van der Waals surface area contributed by atoms with Crippen molar-refractivity contribution in [2.45, 2.75) is 50.9 Å². The fourth-order valence-electron chi connectivity index (χ4n) is 4.22. The molecule has 2 amide bonds. The summed E-state index contributed by atoms with van der Waals surface area (Å²) in [7, 11) is 0. The predicted molar refractivity (Wildman–Crippen MR) is 130 cm³/mol. The van der Waals surface area contributed by atoms with Gasteiger partial charge < -0.3 is 15.7 Å². The lowest BCUT2D eigenvalue weighted by atomic mass is 9.92. The van der Waals surface area contributed by atoms with Crippen LogP contribution in [-0.2, 0) is 6.18 Å². The SMILES string of the molecule is Cc1ccc(C(=O)N[C@H]2CCCC[C@@H]2O)cc1NC(=O)c1cncc(-c2cccc(C(F)(F)F)c2)c1. The minimum absolute atomic E-state index is 0.157. The van der Waals surface area contributed by atoms with Crippen molar-refractivity contribution >= 4 is 17.5 Å². The molecule has 1 aliphatic rings. The van der Waals surface area contributed by atoms with Crippen molar-refractivity contribution in [3.8, 4) is 11.1 Å². The second-order valence-electron chi connectivity index (χ2n) is 8.96. The van der Waals surface area contributed by atoms with Crippen LogP contribution in [0, 0.1) is 6.92 Å². The van der Waals surface area contributed by atoms with Crippen molar-refractivity contribution in [2.24, 2.45) is 0 Å². The van der Waals surface area contributed by atoms with Crippen LogP contribution >= 0.6 is 0 Å². The van der Waals surface area contributed by atoms with Gasteiger partial charge >= 0.3 is 6.18 Å². The number of carbonyl (C=O) groups excluding carboxylic acids is 2. The van der Waals surface area contributed by atoms with E-state index in [4.69, 9.17) is 0 Å². The molecule has 0 unspecified atom stereocenters. The van der Waals surface area contributed by atoms with Gasteiger partial charge in [0.25, 0.3) is 11.8 Å². The summed E-state index contributed by atoms with van der Waals surface area (Å²) in [5.41, 5.74) is 1.49. The van der Waals surface area contributed by atoms with Gasteiger partial charge in [-0.2, -0.15) is 13.2 Å². The van der Waals surface area contributed by atoms with E-state index < -0.39 is 23.8 Å². The van der Waals surface area contributed by atoms with Gasteiger partial charge in [0.05, 0.1) is 23.3 Å². The molecule has 4 rings (SSSR count). The van der Waals surface area contributed by atoms with Crippen LogP contribution in [0.4, 0.5) is 18.9 Å². The number of rotatable bonds is 5. The summed E-state index contributed by atoms with van der Waals surface area (Å²) in [5.74, 6) is -0.857. The van der Waals surface area contributed by atoms with E-state index in [1.165, 1.54) is 30.6 Å². The van der Waals surface area contributed by atoms with Crippen LogP contribution in [0.15, 0.2) is 60.9 Å². The first-order valence-electron chi connectivity index (χ1n) is 11.7. The molecule has 0 bridgehead atoms. The molecule has 0 aliphatic heterocycles. The zero-order valence-electron chi connectivity index (χ0n) is 19.6. The Bertz CT molecular complexity index is 1280. The number of hydrogen-bond acceptors (Lipinski definition) is 4. The summed E-state index contributed by atoms with van der Waals surface area (Å²) in [6, 6.07) is 10.9. The fraction of sp³-hybridized carbons (Fsp3) is 0.296. The largest absolute Gasteiger partial charge is 0.416 e. The maximum Gasteiger partial charge on any atom is 0.416 e. The van der Waals surface area contributed by atoms with Crippen LogP contribution in [-0.4, -0.2) is 34.1 Å². The summed E-state index contributed by atoms with van der Waals surface area (Å²) in [6.45, 7) is 1.78. The maximum absolute atomic E-state index is 13.1. The quantitative estimate of drug-likeness (QED) is 0.443. The molecule has 3 aromatic rings. The minimum atomic E-state index is -4.48. The molecule has 36 heavy (non-hydrogen) atoms. The molecule has 0 spiro atoms. The second-order valence-corrected chi connectivity index (χ2v) is 8.96. The Morgan fingerprint density at radius 3 is 2.47 bits per heavy atom. The van der Waals surface area contributed by atoms with Crippen molar-refractivity contribution in [3.63, 3.8) is 0 Å². The molecule has 1 aromatic heterocycles. The minimum Gasteiger partial charge on any atom is -0.391 e. The van der Waals surface area contributed by atoms with Crippen LogP contribution < -0.4 is 10.6 Å². The van der Waals surface area contributed by atoms with Gasteiger partial charge in [-0.15, -0.1) is 0 Å². The number of benzene rings is 2. The van der Waals surface area contributed by atoms with E-state index in [0.717, 1.165) is 30.5 Å². The van der Waals surface area contributed by atoms with E-state index in [0.29, 0.717) is 29.7 Å². The van der Waals surface area contributed by atoms with Crippen molar-refractivity contribution in [1.29, 1.82) is 0 Å². The first-order valence-corrected chi connectivity index (χ1v) is 11.7. The van der Waals surface area contributed by atoms with Gasteiger partial charge in [0.15, 0.2) is 0 Å². The summed E-state index contributed by atoms with van der Waals surface area (Å²) >= 11 is 0. The van der Waals surface area contributed by atoms with Gasteiger partial charge in [0.2, 0.25) is 0 Å². The number of aliphatic hydroxyl groups is 1. The number of carbonyl (C=O) groups is 2. The number of amides is 2. The number of pyridine rings is 1. The molecule has 3 N–H and O–H groups in total. The fourth-order valence-corrected chi connectivity index (χ4v) is 4.22. The van der Waals surface area contributed by atoms with E-state index in [2.05, 4.69) is 15.6 Å². The number of anilines is 1. The maximum atomic E-state index is 13.1. The summed E-state index contributed by atoms with van der Waals surface area (Å²) < 4.78 is 39.3. The Morgan fingerprint density at radius 2 is 1.72 bits per heavy atom. The molecule has 6 nitrogen and oxygen atoms in total. The average Bonchev–Trinajstić information content (AvgIpc) is 2.86. The van der Waals surface area contributed by atoms with Crippen LogP contribution in [0.1, 0.15) is 57.5 Å². The molecular formula is C27H26F3N3O3. The number of alkyl halides is 3. The third-order valence-electron chi connectivity index (χ3n) is 6.32. The van der Waals surface area contributed by atoms with Crippen molar-refractivity contribution in [3.05, 3.63) is 83.2 Å². The van der Waals surface area contributed by atoms with Gasteiger partial charge in [-0.3, -0.25) is 14.6 Å². The highest BCUT2D eigenvalue weighted by atomic mass is 19.4. The number of nitrogens with zero attached hydrogens (tertiary/aromatic N) is 1. The van der Waals surface area contributed by atoms with E-state index in [-0.39, 0.29) is 23.1 Å². The van der Waals surface area contributed by atoms with Gasteiger partial charge in [-0.1, -0.05) is 31.0 Å². The lowest BCUT2D eigenvalue weighted by Gasteiger charge is -2.28. The van der Waals surface area contributed by atoms with Crippen LogP contribution in [0.5, 0.6) is 0 Å². The lowest BCUT2D eigenvalue weighted by molar-refractivity contribution is -0.137. The molecule has 1 saturated carbocycles. The highest BCUT2D eigenvalue weighted by Gasteiger charge is 2.30. The van der Waals surface area contributed by atoms with Gasteiger partial charge in [0.1, 0.15) is 0 Å². The van der Waals surface area contributed by atoms with E-state index >= 15 is 0 Å². The first kappa shape index (κ1) is 25.4. The molecule has 1 fully saturated rings. The topological polar surface area (TPSA) is 91.3 Å². The third kappa shape index (κ3) is 5.91. The highest BCUT2D eigenvalue weighted by Crippen LogP contribution is 2.32. The number of aryl methyl sites for hydroxylation is 1. The van der Waals surface area contributed by atoms with Crippen molar-refractivity contribution < 1.29 is 27.9 Å².